The van der Waals surface area contributed by atoms with Crippen LogP contribution in [0, 0.1) is 80.8 Å². The zero-order chi connectivity index (χ0) is 57.2. The Hall–Kier alpha value is -3.16. The molecule has 446 valence electrons. The van der Waals surface area contributed by atoms with Gasteiger partial charge in [-0.15, -0.1) is 0 Å². The number of carbonyl (C=O) groups excluding carboxylic acids is 2. The molecular formula is C70H103N3O8. The lowest BCUT2D eigenvalue weighted by Crippen LogP contribution is -2.75. The summed E-state index contributed by atoms with van der Waals surface area (Å²) in [6, 6.07) is 14.1. The van der Waals surface area contributed by atoms with Crippen molar-refractivity contribution in [1.82, 2.24) is 10.6 Å². The number of nitrogens with one attached hydrogen (secondary N) is 2. The third-order valence-electron chi connectivity index (χ3n) is 25.9. The van der Waals surface area contributed by atoms with Gasteiger partial charge >= 0.3 is 0 Å². The number of phenols is 1. The Kier molecular flexibility index (Phi) is 15.4. The van der Waals surface area contributed by atoms with Gasteiger partial charge in [0.05, 0.1) is 22.7 Å². The van der Waals surface area contributed by atoms with Crippen molar-refractivity contribution in [1.29, 1.82) is 0 Å². The number of β-amino-alcohol motifs (C(OH)–C–C–N with tert-alkyl or cyclic N) is 1. The normalized spacial score (nSPS) is 45.2. The van der Waals surface area contributed by atoms with Crippen LogP contribution in [0.5, 0.6) is 5.75 Å². The summed E-state index contributed by atoms with van der Waals surface area (Å²) >= 11 is 0. The van der Waals surface area contributed by atoms with Crippen molar-refractivity contribution < 1.29 is 39.9 Å². The van der Waals surface area contributed by atoms with Gasteiger partial charge in [-0.25, -0.2) is 0 Å². The van der Waals surface area contributed by atoms with Crippen LogP contribution in [0.15, 0.2) is 53.6 Å². The Morgan fingerprint density at radius 3 is 2.46 bits per heavy atom. The second kappa shape index (κ2) is 21.4. The van der Waals surface area contributed by atoms with E-state index in [1.807, 2.05) is 32.2 Å². The van der Waals surface area contributed by atoms with Crippen LogP contribution in [-0.4, -0.2) is 93.4 Å². The average Bonchev–Trinajstić information content (AvgIpc) is 1.98. The van der Waals surface area contributed by atoms with Gasteiger partial charge in [0.2, 0.25) is 0 Å². The molecule has 2 aromatic rings. The number of hydrogen-bond acceptors (Lipinski definition) is 11. The number of ketones is 2. The number of nitrogen functional groups attached to an aromatic ring is 1. The molecule has 20 atom stereocenters. The highest BCUT2D eigenvalue weighted by molar-refractivity contribution is 6.01. The van der Waals surface area contributed by atoms with Crippen molar-refractivity contribution in [2.45, 2.75) is 230 Å². The highest BCUT2D eigenvalue weighted by Gasteiger charge is 2.78. The van der Waals surface area contributed by atoms with Gasteiger partial charge in [0, 0.05) is 55.3 Å². The van der Waals surface area contributed by atoms with Crippen LogP contribution in [0.3, 0.4) is 0 Å². The van der Waals surface area contributed by atoms with Gasteiger partial charge in [0.25, 0.3) is 0 Å². The van der Waals surface area contributed by atoms with Crippen LogP contribution in [0.25, 0.3) is 0 Å². The minimum absolute atomic E-state index is 0.0262. The molecule has 7 bridgehead atoms. The fraction of sp³-hybridized carbons (Fsp3) is 0.771. The number of Topliss-reactive ketones (excluding diaryl/α,β-unsaturated/α-hetero) is 2. The summed E-state index contributed by atoms with van der Waals surface area (Å²) in [6.07, 6.45) is 16.5. The first-order chi connectivity index (χ1) is 38.6. The van der Waals surface area contributed by atoms with E-state index in [1.54, 1.807) is 0 Å². The summed E-state index contributed by atoms with van der Waals surface area (Å²) in [7, 11) is 1.92. The molecular weight excluding hydrogens is 1010 g/mol. The van der Waals surface area contributed by atoms with E-state index in [0.29, 0.717) is 56.9 Å². The number of benzene rings is 2. The molecule has 12 rings (SSSR count). The van der Waals surface area contributed by atoms with Crippen LogP contribution in [-0.2, 0) is 26.3 Å². The average molecular weight is 1110 g/mol. The van der Waals surface area contributed by atoms with Crippen molar-refractivity contribution in [2.24, 2.45) is 80.8 Å². The molecule has 2 aromatic carbocycles. The molecule has 0 amide bonds. The van der Waals surface area contributed by atoms with Gasteiger partial charge in [-0.2, -0.15) is 0 Å². The predicted octanol–water partition coefficient (Wildman–Crippen LogP) is 11.3. The number of aliphatic hydroxyl groups is 4. The topological polar surface area (TPSA) is 198 Å². The molecule has 8 aliphatic carbocycles. The van der Waals surface area contributed by atoms with Gasteiger partial charge in [-0.3, -0.25) is 9.59 Å². The monoisotopic (exact) mass is 1110 g/mol. The van der Waals surface area contributed by atoms with Crippen molar-refractivity contribution in [2.75, 3.05) is 32.5 Å². The second-order valence-electron chi connectivity index (χ2n) is 30.8. The highest BCUT2D eigenvalue weighted by Crippen LogP contribution is 2.81. The molecule has 20 unspecified atom stereocenters. The molecule has 11 nitrogen and oxygen atoms in total. The quantitative estimate of drug-likeness (QED) is 0.0702. The lowest BCUT2D eigenvalue weighted by atomic mass is 9.29. The first-order valence-corrected chi connectivity index (χ1v) is 32.8. The number of anilines is 1. The van der Waals surface area contributed by atoms with Crippen molar-refractivity contribution in [3.05, 3.63) is 70.3 Å². The summed E-state index contributed by atoms with van der Waals surface area (Å²) in [6.45, 7) is 14.8. The van der Waals surface area contributed by atoms with E-state index >= 15 is 9.59 Å². The van der Waals surface area contributed by atoms with Gasteiger partial charge in [-0.1, -0.05) is 83.6 Å². The lowest BCUT2D eigenvalue weighted by Gasteiger charge is -2.74. The standard InChI is InChI=1S/C70H103N3O8/c1-41(2)17-19-46-30-45-20-18-42(37-74)29-51(45)52(33-57(77)62-67(6,81-62)53-16-11-15-50(53)44-13-10-14-48(71)31-44)60-54-21-22-59-66(5)39-68(47-27-43(36-72-7)28-49(76)32-47)25-12-26-69(54,35-58(60)78)70(59,55(46)38-75)34-56-61(66)65(4,63(68)79)24-9-8-23-64(3,80)40-73-56/h10,13-14,27-28,31-32,41-42,45-46,50-53,55-57,59,61-62,72-77,80H,8-9,11-12,15-26,29-30,33-40,71H2,1-7H3. The molecule has 2 heterocycles. The molecule has 81 heavy (non-hydrogen) atoms. The van der Waals surface area contributed by atoms with Crippen LogP contribution in [0.4, 0.5) is 5.69 Å². The number of aliphatic hydroxyl groups excluding tert-OH is 3. The first kappa shape index (κ1) is 58.2. The Morgan fingerprint density at radius 2 is 1.70 bits per heavy atom. The van der Waals surface area contributed by atoms with E-state index in [-0.39, 0.29) is 96.1 Å². The molecule has 8 fully saturated rings. The van der Waals surface area contributed by atoms with E-state index in [2.05, 4.69) is 69.5 Å². The van der Waals surface area contributed by atoms with Crippen molar-refractivity contribution in [3.63, 3.8) is 0 Å². The van der Waals surface area contributed by atoms with Crippen LogP contribution in [0.2, 0.25) is 0 Å². The minimum Gasteiger partial charge on any atom is -0.508 e. The molecule has 2 aliphatic heterocycles. The predicted molar refractivity (Wildman–Crippen MR) is 318 cm³/mol. The van der Waals surface area contributed by atoms with Crippen LogP contribution in [0.1, 0.15) is 205 Å². The largest absolute Gasteiger partial charge is 0.508 e. The highest BCUT2D eigenvalue weighted by atomic mass is 16.6. The molecule has 0 aromatic heterocycles. The Balaban J connectivity index is 1.06. The summed E-state index contributed by atoms with van der Waals surface area (Å²) < 4.78 is 6.90. The second-order valence-corrected chi connectivity index (χ2v) is 30.8. The number of fused-ring (bicyclic) bond motifs is 2. The van der Waals surface area contributed by atoms with E-state index < -0.39 is 44.4 Å². The SMILES string of the molecule is CNCc1cc(O)cc(C23CCCC45CC(=O)C6=C4CCC4C(C)(C2)C2C(CC45C(CO)C(CCC(C)C)CC4CCC(CO)CC4C6CC(O)C4OC4(C)C4CCCC4c4cccc(N)c4)NCC(C)(O)CCCCC2(C)C3=O)c1. The molecule has 9 N–H and O–H groups in total. The van der Waals surface area contributed by atoms with Crippen LogP contribution >= 0.6 is 0 Å². The summed E-state index contributed by atoms with van der Waals surface area (Å²) in [5, 5.41) is 68.6. The smallest absolute Gasteiger partial charge is 0.160 e. The third kappa shape index (κ3) is 9.24. The number of phenolic OH excluding ortho intramolecular Hbond substituents is 1. The van der Waals surface area contributed by atoms with E-state index in [0.717, 1.165) is 132 Å². The maximum atomic E-state index is 16.8. The summed E-state index contributed by atoms with van der Waals surface area (Å²) in [5.41, 5.74) is 7.80. The van der Waals surface area contributed by atoms with E-state index in [4.69, 9.17) is 10.5 Å². The number of epoxide rings is 1. The van der Waals surface area contributed by atoms with E-state index in [1.165, 1.54) is 11.1 Å². The Labute approximate surface area is 485 Å². The fourth-order valence-electron chi connectivity index (χ4n) is 23.1. The number of rotatable bonds is 13. The maximum absolute atomic E-state index is 16.8. The molecule has 2 saturated heterocycles. The number of allylic oxidation sites excluding steroid dienone is 2. The molecule has 6 saturated carbocycles. The van der Waals surface area contributed by atoms with Crippen molar-refractivity contribution in [3.8, 4) is 5.75 Å². The zero-order valence-corrected chi connectivity index (χ0v) is 50.5. The molecule has 2 spiro atoms. The van der Waals surface area contributed by atoms with Gasteiger partial charge in [0.15, 0.2) is 5.78 Å². The van der Waals surface area contributed by atoms with Gasteiger partial charge in [0.1, 0.15) is 17.6 Å². The zero-order valence-electron chi connectivity index (χ0n) is 50.5. The number of carbonyl (C=O) groups is 2. The first-order valence-electron chi connectivity index (χ1n) is 32.8. The lowest BCUT2D eigenvalue weighted by molar-refractivity contribution is -0.238. The molecule has 11 heteroatoms. The van der Waals surface area contributed by atoms with E-state index in [9.17, 15) is 25.5 Å². The molecule has 10 aliphatic rings. The number of nitrogens with two attached hydrogens (primary N) is 1. The van der Waals surface area contributed by atoms with Crippen molar-refractivity contribution >= 4 is 17.3 Å². The number of hydrogen-bond donors (Lipinski definition) is 8. The Bertz CT molecular complexity index is 2740. The summed E-state index contributed by atoms with van der Waals surface area (Å²) in [4.78, 5) is 33.3. The number of ether oxygens (including phenoxy) is 1. The summed E-state index contributed by atoms with van der Waals surface area (Å²) in [5.74, 6) is 1.89. The van der Waals surface area contributed by atoms with Crippen LogP contribution < -0.4 is 16.4 Å². The Morgan fingerprint density at radius 1 is 0.901 bits per heavy atom. The maximum Gasteiger partial charge on any atom is 0.160 e. The third-order valence-corrected chi connectivity index (χ3v) is 25.9. The minimum atomic E-state index is -0.954. The fourth-order valence-corrected chi connectivity index (χ4v) is 23.1. The number of aromatic hydroxyl groups is 1. The van der Waals surface area contributed by atoms with Gasteiger partial charge < -0.3 is 46.6 Å². The molecule has 0 radical (unpaired) electrons. The van der Waals surface area contributed by atoms with Gasteiger partial charge in [-0.05, 0) is 246 Å².